The van der Waals surface area contributed by atoms with Gasteiger partial charge in [0.2, 0.25) is 0 Å². The molecular weight excluding hydrogens is 402 g/mol. The number of rotatable bonds is 12. The summed E-state index contributed by atoms with van der Waals surface area (Å²) in [5.41, 5.74) is 4.21. The van der Waals surface area contributed by atoms with Gasteiger partial charge >= 0.3 is 5.97 Å². The lowest BCUT2D eigenvalue weighted by Gasteiger charge is -2.13. The first kappa shape index (κ1) is 23.2. The second-order valence-electron chi connectivity index (χ2n) is 7.51. The molecule has 0 aromatic heterocycles. The fourth-order valence-electron chi connectivity index (χ4n) is 3.22. The van der Waals surface area contributed by atoms with E-state index in [-0.39, 0.29) is 5.97 Å². The first-order chi connectivity index (χ1) is 15.6. The Balaban J connectivity index is 1.48. The molecule has 0 heterocycles. The van der Waals surface area contributed by atoms with Crippen LogP contribution < -0.4 is 14.8 Å². The standard InChI is InChI=1S/C27H31NO4/c1-3-30-27(29)14-7-8-17-31-24-13-9-12-23(19-24)28-26-16-15-25(18-21(26)2)32-20-22-10-5-4-6-11-22/h4-6,9-13,15-16,18-19,28H,3,7-8,14,17,20H2,1-2H3. The number of aryl methyl sites for hydroxylation is 1. The quantitative estimate of drug-likeness (QED) is 0.263. The van der Waals surface area contributed by atoms with Gasteiger partial charge in [0.15, 0.2) is 0 Å². The molecule has 5 nitrogen and oxygen atoms in total. The number of esters is 1. The lowest BCUT2D eigenvalue weighted by atomic mass is 10.1. The van der Waals surface area contributed by atoms with E-state index in [1.54, 1.807) is 0 Å². The molecule has 0 amide bonds. The maximum atomic E-state index is 11.4. The molecule has 0 saturated carbocycles. The molecule has 1 N–H and O–H groups in total. The summed E-state index contributed by atoms with van der Waals surface area (Å²) in [4.78, 5) is 11.4. The van der Waals surface area contributed by atoms with Crippen molar-refractivity contribution in [1.29, 1.82) is 0 Å². The molecule has 0 aliphatic heterocycles. The van der Waals surface area contributed by atoms with Gasteiger partial charge in [0.1, 0.15) is 18.1 Å². The first-order valence-electron chi connectivity index (χ1n) is 11.1. The van der Waals surface area contributed by atoms with Gasteiger partial charge in [-0.15, -0.1) is 0 Å². The molecule has 0 saturated heterocycles. The lowest BCUT2D eigenvalue weighted by molar-refractivity contribution is -0.143. The Bertz CT molecular complexity index is 988. The minimum absolute atomic E-state index is 0.148. The summed E-state index contributed by atoms with van der Waals surface area (Å²) in [6.45, 7) is 5.42. The number of nitrogens with one attached hydrogen (secondary N) is 1. The van der Waals surface area contributed by atoms with Crippen molar-refractivity contribution in [1.82, 2.24) is 0 Å². The summed E-state index contributed by atoms with van der Waals surface area (Å²) >= 11 is 0. The molecule has 0 unspecified atom stereocenters. The Morgan fingerprint density at radius 2 is 1.69 bits per heavy atom. The third-order valence-electron chi connectivity index (χ3n) is 4.91. The van der Waals surface area contributed by atoms with Gasteiger partial charge in [-0.25, -0.2) is 0 Å². The van der Waals surface area contributed by atoms with Crippen LogP contribution in [0.1, 0.15) is 37.3 Å². The van der Waals surface area contributed by atoms with Crippen LogP contribution >= 0.6 is 0 Å². The summed E-state index contributed by atoms with van der Waals surface area (Å²) in [5, 5.41) is 3.45. The third-order valence-corrected chi connectivity index (χ3v) is 4.91. The maximum Gasteiger partial charge on any atom is 0.305 e. The number of benzene rings is 3. The number of anilines is 2. The van der Waals surface area contributed by atoms with Crippen LogP contribution in [0.4, 0.5) is 11.4 Å². The Labute approximate surface area is 190 Å². The molecule has 5 heteroatoms. The van der Waals surface area contributed by atoms with Crippen LogP contribution in [0.5, 0.6) is 11.5 Å². The molecule has 3 rings (SSSR count). The molecule has 0 radical (unpaired) electrons. The highest BCUT2D eigenvalue weighted by Gasteiger charge is 2.05. The van der Waals surface area contributed by atoms with Crippen molar-refractivity contribution in [3.05, 3.63) is 83.9 Å². The van der Waals surface area contributed by atoms with Crippen LogP contribution in [0, 0.1) is 6.92 Å². The average Bonchev–Trinajstić information content (AvgIpc) is 2.80. The van der Waals surface area contributed by atoms with Gasteiger partial charge in [-0.1, -0.05) is 36.4 Å². The predicted molar refractivity (Wildman–Crippen MR) is 128 cm³/mol. The Kier molecular flexibility index (Phi) is 8.99. The second kappa shape index (κ2) is 12.4. The van der Waals surface area contributed by atoms with Crippen molar-refractivity contribution < 1.29 is 19.0 Å². The number of hydrogen-bond donors (Lipinski definition) is 1. The maximum absolute atomic E-state index is 11.4. The second-order valence-corrected chi connectivity index (χ2v) is 7.51. The zero-order valence-electron chi connectivity index (χ0n) is 18.8. The van der Waals surface area contributed by atoms with Crippen molar-refractivity contribution in [2.45, 2.75) is 39.7 Å². The third kappa shape index (κ3) is 7.65. The molecule has 0 fully saturated rings. The van der Waals surface area contributed by atoms with Crippen molar-refractivity contribution in [3.63, 3.8) is 0 Å². The zero-order valence-corrected chi connectivity index (χ0v) is 18.8. The molecule has 0 atom stereocenters. The van der Waals surface area contributed by atoms with Crippen molar-refractivity contribution in [2.75, 3.05) is 18.5 Å². The number of hydrogen-bond acceptors (Lipinski definition) is 5. The molecule has 32 heavy (non-hydrogen) atoms. The highest BCUT2D eigenvalue weighted by molar-refractivity contribution is 5.69. The van der Waals surface area contributed by atoms with Gasteiger partial charge in [-0.05, 0) is 68.1 Å². The molecular formula is C27H31NO4. The summed E-state index contributed by atoms with van der Waals surface area (Å²) in [7, 11) is 0. The smallest absolute Gasteiger partial charge is 0.305 e. The van der Waals surface area contributed by atoms with E-state index in [1.165, 1.54) is 0 Å². The van der Waals surface area contributed by atoms with Crippen LogP contribution in [0.2, 0.25) is 0 Å². The van der Waals surface area contributed by atoms with E-state index < -0.39 is 0 Å². The SMILES string of the molecule is CCOC(=O)CCCCOc1cccc(Nc2ccc(OCc3ccccc3)cc2C)c1. The molecule has 168 valence electrons. The number of carbonyl (C=O) groups excluding carboxylic acids is 1. The van der Waals surface area contributed by atoms with Crippen molar-refractivity contribution >= 4 is 17.3 Å². The Morgan fingerprint density at radius 1 is 0.875 bits per heavy atom. The minimum atomic E-state index is -0.148. The van der Waals surface area contributed by atoms with E-state index in [0.29, 0.717) is 26.2 Å². The topological polar surface area (TPSA) is 56.8 Å². The Morgan fingerprint density at radius 3 is 2.47 bits per heavy atom. The molecule has 0 aliphatic carbocycles. The van der Waals surface area contributed by atoms with Gasteiger partial charge in [-0.3, -0.25) is 4.79 Å². The van der Waals surface area contributed by atoms with Crippen LogP contribution in [-0.2, 0) is 16.1 Å². The number of ether oxygens (including phenoxy) is 3. The van der Waals surface area contributed by atoms with Gasteiger partial charge in [0, 0.05) is 23.9 Å². The van der Waals surface area contributed by atoms with E-state index in [2.05, 4.69) is 24.4 Å². The highest BCUT2D eigenvalue weighted by Crippen LogP contribution is 2.27. The highest BCUT2D eigenvalue weighted by atomic mass is 16.5. The Hall–Kier alpha value is -3.47. The summed E-state index contributed by atoms with van der Waals surface area (Å²) < 4.78 is 16.7. The number of carbonyl (C=O) groups is 1. The van der Waals surface area contributed by atoms with Gasteiger partial charge in [0.25, 0.3) is 0 Å². The van der Waals surface area contributed by atoms with Crippen molar-refractivity contribution in [2.24, 2.45) is 0 Å². The summed E-state index contributed by atoms with van der Waals surface area (Å²) in [6, 6.07) is 24.0. The van der Waals surface area contributed by atoms with Crippen LogP contribution in [0.3, 0.4) is 0 Å². The molecule has 0 spiro atoms. The van der Waals surface area contributed by atoms with Crippen molar-refractivity contribution in [3.8, 4) is 11.5 Å². The van der Waals surface area contributed by atoms with Crippen LogP contribution in [-0.4, -0.2) is 19.2 Å². The van der Waals surface area contributed by atoms with E-state index in [4.69, 9.17) is 14.2 Å². The van der Waals surface area contributed by atoms with Crippen LogP contribution in [0.25, 0.3) is 0 Å². The van der Waals surface area contributed by atoms with E-state index >= 15 is 0 Å². The van der Waals surface area contributed by atoms with E-state index in [9.17, 15) is 4.79 Å². The van der Waals surface area contributed by atoms with Gasteiger partial charge in [0.05, 0.1) is 13.2 Å². The van der Waals surface area contributed by atoms with E-state index in [1.807, 2.05) is 67.6 Å². The molecule has 0 aliphatic rings. The largest absolute Gasteiger partial charge is 0.494 e. The monoisotopic (exact) mass is 433 g/mol. The van der Waals surface area contributed by atoms with Gasteiger partial charge < -0.3 is 19.5 Å². The summed E-state index contributed by atoms with van der Waals surface area (Å²) in [6.07, 6.45) is 2.00. The van der Waals surface area contributed by atoms with Gasteiger partial charge in [-0.2, -0.15) is 0 Å². The minimum Gasteiger partial charge on any atom is -0.494 e. The fraction of sp³-hybridized carbons (Fsp3) is 0.296. The molecule has 3 aromatic rings. The summed E-state index contributed by atoms with van der Waals surface area (Å²) in [5.74, 6) is 1.49. The predicted octanol–water partition coefficient (Wildman–Crippen LogP) is 6.43. The first-order valence-corrected chi connectivity index (χ1v) is 11.1. The van der Waals surface area contributed by atoms with E-state index in [0.717, 1.165) is 46.8 Å². The molecule has 3 aromatic carbocycles. The normalized spacial score (nSPS) is 10.4. The number of unbranched alkanes of at least 4 members (excludes halogenated alkanes) is 1. The fourth-order valence-corrected chi connectivity index (χ4v) is 3.22. The zero-order chi connectivity index (χ0) is 22.6. The lowest BCUT2D eigenvalue weighted by Crippen LogP contribution is -2.05. The average molecular weight is 434 g/mol. The molecule has 0 bridgehead atoms. The van der Waals surface area contributed by atoms with Crippen LogP contribution in [0.15, 0.2) is 72.8 Å².